The summed E-state index contributed by atoms with van der Waals surface area (Å²) >= 11 is 5.18. The molecule has 0 spiro atoms. The third kappa shape index (κ3) is 3.18. The monoisotopic (exact) mass is 344 g/mol. The van der Waals surface area contributed by atoms with Crippen LogP contribution in [0.1, 0.15) is 5.56 Å². The molecule has 122 valence electrons. The van der Waals surface area contributed by atoms with Crippen molar-refractivity contribution in [3.63, 3.8) is 0 Å². The highest BCUT2D eigenvalue weighted by Crippen LogP contribution is 2.25. The molecule has 2 aromatic carbocycles. The zero-order valence-electron chi connectivity index (χ0n) is 12.6. The van der Waals surface area contributed by atoms with Gasteiger partial charge in [0.1, 0.15) is 5.82 Å². The van der Waals surface area contributed by atoms with Crippen molar-refractivity contribution in [3.8, 4) is 22.9 Å². The molecular formula is C16H13FN4O2S. The van der Waals surface area contributed by atoms with Crippen LogP contribution in [0.3, 0.4) is 0 Å². The van der Waals surface area contributed by atoms with Crippen LogP contribution >= 0.6 is 12.2 Å². The molecule has 8 heteroatoms. The smallest absolute Gasteiger partial charge is 0.216 e. The maximum absolute atomic E-state index is 13.1. The molecule has 0 aliphatic heterocycles. The molecule has 0 fully saturated rings. The highest BCUT2D eigenvalue weighted by atomic mass is 32.1. The molecule has 3 aromatic rings. The molecule has 0 amide bonds. The van der Waals surface area contributed by atoms with Gasteiger partial charge in [-0.15, -0.1) is 0 Å². The first-order chi connectivity index (χ1) is 11.6. The van der Waals surface area contributed by atoms with E-state index in [4.69, 9.17) is 17.0 Å². The average Bonchev–Trinajstić information content (AvgIpc) is 2.95. The lowest BCUT2D eigenvalue weighted by Crippen LogP contribution is -1.95. The summed E-state index contributed by atoms with van der Waals surface area (Å²) in [5.41, 5.74) is 1.38. The van der Waals surface area contributed by atoms with E-state index in [1.54, 1.807) is 30.5 Å². The molecule has 0 aliphatic rings. The van der Waals surface area contributed by atoms with Gasteiger partial charge in [-0.2, -0.15) is 14.9 Å². The van der Waals surface area contributed by atoms with Crippen LogP contribution in [0.25, 0.3) is 11.4 Å². The molecule has 0 unspecified atom stereocenters. The number of H-pyrrole nitrogens is 1. The van der Waals surface area contributed by atoms with Gasteiger partial charge < -0.3 is 9.84 Å². The fourth-order valence-electron chi connectivity index (χ4n) is 2.08. The second kappa shape index (κ2) is 6.63. The minimum Gasteiger partial charge on any atom is -0.504 e. The molecule has 0 saturated heterocycles. The molecule has 0 bridgehead atoms. The quantitative estimate of drug-likeness (QED) is 0.562. The van der Waals surface area contributed by atoms with Gasteiger partial charge in [0.2, 0.25) is 4.77 Å². The lowest BCUT2D eigenvalue weighted by Gasteiger charge is -2.04. The lowest BCUT2D eigenvalue weighted by molar-refractivity contribution is 0.373. The number of phenols is 1. The zero-order chi connectivity index (χ0) is 17.1. The predicted octanol–water partition coefficient (Wildman–Crippen LogP) is 3.34. The van der Waals surface area contributed by atoms with Crippen molar-refractivity contribution < 1.29 is 14.2 Å². The van der Waals surface area contributed by atoms with E-state index < -0.39 is 0 Å². The number of benzene rings is 2. The standard InChI is InChI=1S/C16H13FN4O2S/c1-23-14-8-10(2-7-13(14)22)9-18-21-15(19-20-16(21)24)11-3-5-12(17)6-4-11/h2-9,22H,1H3,(H,20,24)/b18-9+. The number of aromatic hydroxyl groups is 1. The van der Waals surface area contributed by atoms with Gasteiger partial charge in [0.25, 0.3) is 0 Å². The largest absolute Gasteiger partial charge is 0.504 e. The number of hydrogen-bond donors (Lipinski definition) is 2. The maximum Gasteiger partial charge on any atom is 0.216 e. The van der Waals surface area contributed by atoms with Gasteiger partial charge >= 0.3 is 0 Å². The van der Waals surface area contributed by atoms with Crippen molar-refractivity contribution in [1.82, 2.24) is 14.9 Å². The fraction of sp³-hybridized carbons (Fsp3) is 0.0625. The average molecular weight is 344 g/mol. The molecule has 1 heterocycles. The molecule has 3 rings (SSSR count). The number of aromatic amines is 1. The van der Waals surface area contributed by atoms with Crippen LogP contribution in [0.2, 0.25) is 0 Å². The molecule has 0 aliphatic carbocycles. The summed E-state index contributed by atoms with van der Waals surface area (Å²) in [6, 6.07) is 10.7. The summed E-state index contributed by atoms with van der Waals surface area (Å²) in [6.07, 6.45) is 1.56. The van der Waals surface area contributed by atoms with E-state index in [1.165, 1.54) is 30.0 Å². The second-order valence-electron chi connectivity index (χ2n) is 4.85. The van der Waals surface area contributed by atoms with Crippen LogP contribution in [0.4, 0.5) is 4.39 Å². The first kappa shape index (κ1) is 15.9. The molecule has 0 radical (unpaired) electrons. The first-order valence-electron chi connectivity index (χ1n) is 6.93. The van der Waals surface area contributed by atoms with E-state index in [0.29, 0.717) is 27.5 Å². The van der Waals surface area contributed by atoms with E-state index in [1.807, 2.05) is 0 Å². The minimum atomic E-state index is -0.334. The van der Waals surface area contributed by atoms with Gasteiger partial charge in [0.05, 0.1) is 13.3 Å². The van der Waals surface area contributed by atoms with Crippen LogP contribution < -0.4 is 4.74 Å². The van der Waals surface area contributed by atoms with Crippen molar-refractivity contribution in [2.75, 3.05) is 7.11 Å². The lowest BCUT2D eigenvalue weighted by atomic mass is 10.2. The summed E-state index contributed by atoms with van der Waals surface area (Å²) in [7, 11) is 1.47. The zero-order valence-corrected chi connectivity index (χ0v) is 13.4. The van der Waals surface area contributed by atoms with Crippen LogP contribution in [-0.2, 0) is 0 Å². The molecule has 0 atom stereocenters. The number of nitrogens with one attached hydrogen (secondary N) is 1. The van der Waals surface area contributed by atoms with Crippen LogP contribution in [0.15, 0.2) is 47.6 Å². The highest BCUT2D eigenvalue weighted by molar-refractivity contribution is 7.71. The molecule has 2 N–H and O–H groups in total. The Morgan fingerprint density at radius 2 is 2.04 bits per heavy atom. The van der Waals surface area contributed by atoms with E-state index in [-0.39, 0.29) is 11.6 Å². The molecule has 24 heavy (non-hydrogen) atoms. The number of hydrogen-bond acceptors (Lipinski definition) is 5. The predicted molar refractivity (Wildman–Crippen MR) is 90.5 cm³/mol. The van der Waals surface area contributed by atoms with Crippen LogP contribution in [-0.4, -0.2) is 33.3 Å². The third-order valence-electron chi connectivity index (χ3n) is 3.28. The van der Waals surface area contributed by atoms with Gasteiger partial charge in [-0.05, 0) is 60.2 Å². The van der Waals surface area contributed by atoms with Gasteiger partial charge in [-0.25, -0.2) is 9.49 Å². The van der Waals surface area contributed by atoms with Gasteiger partial charge in [-0.3, -0.25) is 0 Å². The summed E-state index contributed by atoms with van der Waals surface area (Å²) in [5, 5.41) is 20.7. The van der Waals surface area contributed by atoms with Gasteiger partial charge in [0.15, 0.2) is 17.3 Å². The fourth-order valence-corrected chi connectivity index (χ4v) is 2.26. The van der Waals surface area contributed by atoms with Crippen molar-refractivity contribution in [3.05, 3.63) is 58.6 Å². The summed E-state index contributed by atoms with van der Waals surface area (Å²) < 4.78 is 19.9. The number of aromatic nitrogens is 3. The Kier molecular flexibility index (Phi) is 4.39. The number of ether oxygens (including phenoxy) is 1. The molecular weight excluding hydrogens is 331 g/mol. The maximum atomic E-state index is 13.1. The van der Waals surface area contributed by atoms with Crippen molar-refractivity contribution in [2.24, 2.45) is 5.10 Å². The van der Waals surface area contributed by atoms with Crippen molar-refractivity contribution in [1.29, 1.82) is 0 Å². The van der Waals surface area contributed by atoms with Crippen molar-refractivity contribution >= 4 is 18.4 Å². The molecule has 1 aromatic heterocycles. The minimum absolute atomic E-state index is 0.0431. The SMILES string of the molecule is COc1cc(/C=N/n2c(-c3ccc(F)cc3)n[nH]c2=S)ccc1O. The van der Waals surface area contributed by atoms with E-state index in [2.05, 4.69) is 15.3 Å². The Bertz CT molecular complexity index is 947. The van der Waals surface area contributed by atoms with E-state index >= 15 is 0 Å². The second-order valence-corrected chi connectivity index (χ2v) is 5.23. The van der Waals surface area contributed by atoms with Crippen LogP contribution in [0.5, 0.6) is 11.5 Å². The number of phenolic OH excluding ortho intramolecular Hbond substituents is 1. The Morgan fingerprint density at radius 1 is 1.29 bits per heavy atom. The van der Waals surface area contributed by atoms with Gasteiger partial charge in [0, 0.05) is 5.56 Å². The Labute approximate surface area is 141 Å². The Morgan fingerprint density at radius 3 is 2.75 bits per heavy atom. The summed E-state index contributed by atoms with van der Waals surface area (Å²) in [6.45, 7) is 0. The molecule has 6 nitrogen and oxygen atoms in total. The number of methoxy groups -OCH3 is 1. The summed E-state index contributed by atoms with van der Waals surface area (Å²) in [4.78, 5) is 0. The van der Waals surface area contributed by atoms with E-state index in [0.717, 1.165) is 0 Å². The first-order valence-corrected chi connectivity index (χ1v) is 7.34. The normalized spacial score (nSPS) is 11.1. The number of nitrogens with zero attached hydrogens (tertiary/aromatic N) is 3. The van der Waals surface area contributed by atoms with E-state index in [9.17, 15) is 9.50 Å². The number of halogens is 1. The van der Waals surface area contributed by atoms with Crippen molar-refractivity contribution in [2.45, 2.75) is 0 Å². The van der Waals surface area contributed by atoms with Crippen LogP contribution in [0, 0.1) is 10.6 Å². The Hall–Kier alpha value is -3.00. The number of rotatable bonds is 4. The van der Waals surface area contributed by atoms with Gasteiger partial charge in [-0.1, -0.05) is 0 Å². The Balaban J connectivity index is 1.97. The highest BCUT2D eigenvalue weighted by Gasteiger charge is 2.08. The summed E-state index contributed by atoms with van der Waals surface area (Å²) in [5.74, 6) is 0.510. The third-order valence-corrected chi connectivity index (χ3v) is 3.54. The molecule has 0 saturated carbocycles. The topological polar surface area (TPSA) is 75.4 Å².